The molecule has 1 aromatic heterocycles. The smallest absolute Gasteiger partial charge is 0.412 e. The zero-order chi connectivity index (χ0) is 17.3. The van der Waals surface area contributed by atoms with Gasteiger partial charge in [-0.2, -0.15) is 0 Å². The number of nitrogens with zero attached hydrogens (tertiary/aromatic N) is 2. The fourth-order valence-corrected chi connectivity index (χ4v) is 2.73. The first-order chi connectivity index (χ1) is 11.5. The van der Waals surface area contributed by atoms with Crippen molar-refractivity contribution in [3.63, 3.8) is 0 Å². The van der Waals surface area contributed by atoms with Crippen molar-refractivity contribution >= 4 is 11.8 Å². The second kappa shape index (κ2) is 6.45. The molecule has 24 heavy (non-hydrogen) atoms. The summed E-state index contributed by atoms with van der Waals surface area (Å²) in [6.45, 7) is 1.53. The van der Waals surface area contributed by atoms with E-state index in [4.69, 9.17) is 4.74 Å². The van der Waals surface area contributed by atoms with Gasteiger partial charge in [0.25, 0.3) is 0 Å². The maximum Gasteiger partial charge on any atom is 0.412 e. The molecule has 1 aromatic carbocycles. The lowest BCUT2D eigenvalue weighted by Crippen LogP contribution is -2.48. The van der Waals surface area contributed by atoms with Gasteiger partial charge in [0.1, 0.15) is 18.1 Å². The van der Waals surface area contributed by atoms with E-state index in [-0.39, 0.29) is 24.9 Å². The Balaban J connectivity index is 1.99. The Labute approximate surface area is 138 Å². The van der Waals surface area contributed by atoms with E-state index >= 15 is 0 Å². The summed E-state index contributed by atoms with van der Waals surface area (Å²) in [7, 11) is 0. The summed E-state index contributed by atoms with van der Waals surface area (Å²) >= 11 is 0. The number of pyridine rings is 1. The van der Waals surface area contributed by atoms with Crippen LogP contribution in [0.4, 0.5) is 14.9 Å². The number of fused-ring (bicyclic) bond motifs is 1. The number of carboxylic acid groups (broad SMARTS) is 1. The summed E-state index contributed by atoms with van der Waals surface area (Å²) in [6.07, 6.45) is -0.680. The lowest BCUT2D eigenvalue weighted by molar-refractivity contribution is 0.161. The van der Waals surface area contributed by atoms with Gasteiger partial charge in [-0.3, -0.25) is 4.90 Å². The minimum absolute atomic E-state index is 0.0551. The van der Waals surface area contributed by atoms with E-state index in [1.54, 1.807) is 18.2 Å². The summed E-state index contributed by atoms with van der Waals surface area (Å²) in [6, 6.07) is 7.15. The molecule has 0 aliphatic carbocycles. The number of hydrogen-bond acceptors (Lipinski definition) is 4. The van der Waals surface area contributed by atoms with E-state index in [9.17, 15) is 19.4 Å². The number of hydrogen-bond donors (Lipinski definition) is 2. The van der Waals surface area contributed by atoms with Gasteiger partial charge in [0.05, 0.1) is 12.6 Å². The predicted molar refractivity (Wildman–Crippen MR) is 85.1 cm³/mol. The van der Waals surface area contributed by atoms with Gasteiger partial charge in [0.15, 0.2) is 0 Å². The number of halogens is 1. The van der Waals surface area contributed by atoms with Crippen LogP contribution in [0.2, 0.25) is 0 Å². The van der Waals surface area contributed by atoms with Crippen LogP contribution in [0, 0.1) is 12.7 Å². The van der Waals surface area contributed by atoms with Gasteiger partial charge < -0.3 is 14.9 Å². The normalized spacial score (nSPS) is 16.5. The molecule has 0 bridgehead atoms. The van der Waals surface area contributed by atoms with Crippen molar-refractivity contribution in [2.75, 3.05) is 18.1 Å². The Morgan fingerprint density at radius 1 is 1.42 bits per heavy atom. The number of benzene rings is 1. The number of amides is 1. The number of aliphatic hydroxyl groups excluding tert-OH is 1. The molecule has 126 valence electrons. The Morgan fingerprint density at radius 3 is 2.75 bits per heavy atom. The van der Waals surface area contributed by atoms with Gasteiger partial charge in [-0.1, -0.05) is 12.1 Å². The second-order valence-corrected chi connectivity index (χ2v) is 5.66. The van der Waals surface area contributed by atoms with Crippen molar-refractivity contribution in [3.8, 4) is 5.88 Å². The Morgan fingerprint density at radius 2 is 2.12 bits per heavy atom. The number of rotatable bonds is 3. The molecule has 0 saturated heterocycles. The second-order valence-electron chi connectivity index (χ2n) is 5.66. The molecule has 2 aromatic rings. The monoisotopic (exact) mass is 332 g/mol. The van der Waals surface area contributed by atoms with E-state index in [1.165, 1.54) is 12.1 Å². The van der Waals surface area contributed by atoms with Crippen LogP contribution in [-0.2, 0) is 6.42 Å². The average molecular weight is 332 g/mol. The summed E-state index contributed by atoms with van der Waals surface area (Å²) in [5.74, 6) is -0.0715. The van der Waals surface area contributed by atoms with Crippen LogP contribution >= 0.6 is 0 Å². The highest BCUT2D eigenvalue weighted by Crippen LogP contribution is 2.34. The molecule has 0 radical (unpaired) electrons. The first-order valence-electron chi connectivity index (χ1n) is 7.50. The van der Waals surface area contributed by atoms with Crippen LogP contribution < -0.4 is 9.64 Å². The molecule has 1 atom stereocenters. The predicted octanol–water partition coefficient (Wildman–Crippen LogP) is 2.36. The van der Waals surface area contributed by atoms with Crippen molar-refractivity contribution in [1.82, 2.24) is 4.98 Å². The topological polar surface area (TPSA) is 82.9 Å². The summed E-state index contributed by atoms with van der Waals surface area (Å²) in [5, 5.41) is 18.8. The molecule has 0 spiro atoms. The molecule has 1 aliphatic rings. The van der Waals surface area contributed by atoms with Crippen molar-refractivity contribution in [3.05, 3.63) is 53.0 Å². The number of carbonyl (C=O) groups is 1. The highest BCUT2D eigenvalue weighted by atomic mass is 19.1. The van der Waals surface area contributed by atoms with Crippen LogP contribution in [0.15, 0.2) is 30.3 Å². The molecule has 0 saturated carbocycles. The van der Waals surface area contributed by atoms with Crippen molar-refractivity contribution in [2.45, 2.75) is 19.4 Å². The molecule has 0 unspecified atom stereocenters. The van der Waals surface area contributed by atoms with Crippen LogP contribution in [0.5, 0.6) is 5.88 Å². The third kappa shape index (κ3) is 3.03. The standard InChI is InChI=1S/C17H17FN2O4/c1-10-12(6-11-2-4-13(18)5-3-11)7-15-16(19-10)24-9-14(8-21)20(15)17(22)23/h2-5,7,14,21H,6,8-9H2,1H3,(H,22,23)/t14-/m0/s1. The maximum atomic E-state index is 13.0. The lowest BCUT2D eigenvalue weighted by Gasteiger charge is -2.33. The van der Waals surface area contributed by atoms with Gasteiger partial charge in [-0.15, -0.1) is 0 Å². The zero-order valence-corrected chi connectivity index (χ0v) is 13.1. The van der Waals surface area contributed by atoms with Gasteiger partial charge >= 0.3 is 6.09 Å². The van der Waals surface area contributed by atoms with Crippen LogP contribution in [-0.4, -0.2) is 40.5 Å². The zero-order valence-electron chi connectivity index (χ0n) is 13.1. The van der Waals surface area contributed by atoms with Gasteiger partial charge in [0.2, 0.25) is 5.88 Å². The minimum atomic E-state index is -1.17. The first kappa shape index (κ1) is 16.2. The molecule has 2 N–H and O–H groups in total. The fraction of sp³-hybridized carbons (Fsp3) is 0.294. The third-order valence-corrected chi connectivity index (χ3v) is 4.03. The molecule has 6 nitrogen and oxygen atoms in total. The van der Waals surface area contributed by atoms with Crippen molar-refractivity contribution in [1.29, 1.82) is 0 Å². The number of aryl methyl sites for hydroxylation is 1. The Kier molecular flexibility index (Phi) is 4.35. The van der Waals surface area contributed by atoms with E-state index in [0.717, 1.165) is 16.0 Å². The molecular formula is C17H17FN2O4. The third-order valence-electron chi connectivity index (χ3n) is 4.03. The highest BCUT2D eigenvalue weighted by Gasteiger charge is 2.33. The lowest BCUT2D eigenvalue weighted by atomic mass is 10.0. The van der Waals surface area contributed by atoms with Crippen molar-refractivity contribution in [2.24, 2.45) is 0 Å². The van der Waals surface area contributed by atoms with E-state index < -0.39 is 12.1 Å². The SMILES string of the molecule is Cc1nc2c(cc1Cc1ccc(F)cc1)N(C(=O)O)[C@@H](CO)CO2. The highest BCUT2D eigenvalue weighted by molar-refractivity contribution is 5.89. The maximum absolute atomic E-state index is 13.0. The van der Waals surface area contributed by atoms with Crippen LogP contribution in [0.3, 0.4) is 0 Å². The van der Waals surface area contributed by atoms with Crippen LogP contribution in [0.1, 0.15) is 16.8 Å². The van der Waals surface area contributed by atoms with Gasteiger partial charge in [0, 0.05) is 5.69 Å². The van der Waals surface area contributed by atoms with Crippen molar-refractivity contribution < 1.29 is 24.1 Å². The Hall–Kier alpha value is -2.67. The number of aliphatic hydroxyl groups is 1. The van der Waals surface area contributed by atoms with E-state index in [1.807, 2.05) is 6.92 Å². The van der Waals surface area contributed by atoms with Gasteiger partial charge in [-0.25, -0.2) is 14.2 Å². The first-order valence-corrected chi connectivity index (χ1v) is 7.50. The summed E-state index contributed by atoms with van der Waals surface area (Å²) in [4.78, 5) is 17.0. The van der Waals surface area contributed by atoms with E-state index in [0.29, 0.717) is 17.8 Å². The quantitative estimate of drug-likeness (QED) is 0.901. The number of aromatic nitrogens is 1. The summed E-state index contributed by atoms with van der Waals surface area (Å²) in [5.41, 5.74) is 2.73. The Bertz CT molecular complexity index is 764. The molecule has 3 rings (SSSR count). The van der Waals surface area contributed by atoms with Crippen LogP contribution in [0.25, 0.3) is 0 Å². The molecule has 7 heteroatoms. The molecule has 2 heterocycles. The molecule has 1 aliphatic heterocycles. The van der Waals surface area contributed by atoms with E-state index in [2.05, 4.69) is 4.98 Å². The molecular weight excluding hydrogens is 315 g/mol. The summed E-state index contributed by atoms with van der Waals surface area (Å²) < 4.78 is 18.5. The largest absolute Gasteiger partial charge is 0.474 e. The number of ether oxygens (including phenoxy) is 1. The van der Waals surface area contributed by atoms with Gasteiger partial charge in [-0.05, 0) is 42.7 Å². The molecule has 0 fully saturated rings. The fourth-order valence-electron chi connectivity index (χ4n) is 2.73. The number of anilines is 1. The minimum Gasteiger partial charge on any atom is -0.474 e. The average Bonchev–Trinajstić information content (AvgIpc) is 2.56. The molecule has 1 amide bonds.